The van der Waals surface area contributed by atoms with E-state index in [4.69, 9.17) is 16.3 Å². The molecular weight excluding hydrogens is 482 g/mol. The van der Waals surface area contributed by atoms with E-state index in [0.29, 0.717) is 0 Å². The second-order valence-electron chi connectivity index (χ2n) is 6.83. The van der Waals surface area contributed by atoms with E-state index in [1.807, 2.05) is 0 Å². The van der Waals surface area contributed by atoms with Gasteiger partial charge in [-0.15, -0.1) is 0 Å². The van der Waals surface area contributed by atoms with Crippen LogP contribution in [0.3, 0.4) is 0 Å². The maximum atomic E-state index is 13.4. The van der Waals surface area contributed by atoms with Crippen LogP contribution in [-0.4, -0.2) is 45.3 Å². The van der Waals surface area contributed by atoms with Crippen LogP contribution in [0, 0.1) is 0 Å². The number of hydrazone groups is 1. The van der Waals surface area contributed by atoms with Gasteiger partial charge in [0.25, 0.3) is 15.9 Å². The summed E-state index contributed by atoms with van der Waals surface area (Å²) in [6.45, 7) is -0.647. The number of aromatic carboxylic acids is 1. The summed E-state index contributed by atoms with van der Waals surface area (Å²) >= 11 is 6.09. The normalized spacial score (nSPS) is 11.2. The van der Waals surface area contributed by atoms with Crippen LogP contribution < -0.4 is 14.5 Å². The number of carboxylic acid groups (broad SMARTS) is 1. The van der Waals surface area contributed by atoms with Gasteiger partial charge in [-0.05, 0) is 36.4 Å². The zero-order chi connectivity index (χ0) is 24.7. The summed E-state index contributed by atoms with van der Waals surface area (Å²) in [6, 6.07) is 18.1. The standard InChI is InChI=1S/C23H20ClN3O6S/c1-33-21-12-11-17(24)13-20(21)27(34(31,32)18-8-3-2-4-9-18)15-22(28)26-25-14-16-7-5-6-10-19(16)23(29)30/h2-14H,15H2,1H3,(H,26,28)(H,29,30)/b25-14-. The third-order valence-corrected chi connectivity index (χ3v) is 6.62. The molecule has 0 atom stereocenters. The predicted molar refractivity (Wildman–Crippen MR) is 128 cm³/mol. The van der Waals surface area contributed by atoms with E-state index < -0.39 is 28.4 Å². The molecule has 2 N–H and O–H groups in total. The van der Waals surface area contributed by atoms with E-state index >= 15 is 0 Å². The lowest BCUT2D eigenvalue weighted by molar-refractivity contribution is -0.119. The average molecular weight is 502 g/mol. The van der Waals surface area contributed by atoms with Crippen molar-refractivity contribution < 1.29 is 27.9 Å². The van der Waals surface area contributed by atoms with Gasteiger partial charge in [0.05, 0.1) is 29.5 Å². The molecule has 34 heavy (non-hydrogen) atoms. The van der Waals surface area contributed by atoms with Crippen molar-refractivity contribution in [3.8, 4) is 5.75 Å². The topological polar surface area (TPSA) is 125 Å². The summed E-state index contributed by atoms with van der Waals surface area (Å²) in [4.78, 5) is 23.9. The molecule has 1 amide bonds. The second-order valence-corrected chi connectivity index (χ2v) is 9.13. The highest BCUT2D eigenvalue weighted by molar-refractivity contribution is 7.92. The Balaban J connectivity index is 1.92. The number of sulfonamides is 1. The number of carboxylic acids is 1. The number of ether oxygens (including phenoxy) is 1. The number of methoxy groups -OCH3 is 1. The zero-order valence-electron chi connectivity index (χ0n) is 17.9. The van der Waals surface area contributed by atoms with Gasteiger partial charge in [0.15, 0.2) is 0 Å². The molecule has 0 aliphatic heterocycles. The van der Waals surface area contributed by atoms with Gasteiger partial charge in [0, 0.05) is 10.6 Å². The number of carbonyl (C=O) groups excluding carboxylic acids is 1. The van der Waals surface area contributed by atoms with E-state index in [-0.39, 0.29) is 32.5 Å². The smallest absolute Gasteiger partial charge is 0.336 e. The molecule has 3 aromatic rings. The first kappa shape index (κ1) is 24.7. The Kier molecular flexibility index (Phi) is 7.87. The van der Waals surface area contributed by atoms with Crippen molar-refractivity contribution in [2.45, 2.75) is 4.90 Å². The molecule has 0 saturated carbocycles. The summed E-state index contributed by atoms with van der Waals surface area (Å²) in [5.41, 5.74) is 2.56. The van der Waals surface area contributed by atoms with Crippen LogP contribution in [0.25, 0.3) is 0 Å². The lowest BCUT2D eigenvalue weighted by Gasteiger charge is -2.25. The fourth-order valence-corrected chi connectivity index (χ4v) is 4.63. The van der Waals surface area contributed by atoms with Crippen LogP contribution >= 0.6 is 11.6 Å². The van der Waals surface area contributed by atoms with E-state index in [1.54, 1.807) is 30.3 Å². The molecule has 176 valence electrons. The minimum absolute atomic E-state index is 0.00237. The molecule has 0 heterocycles. The van der Waals surface area contributed by atoms with E-state index in [2.05, 4.69) is 10.5 Å². The Morgan fingerprint density at radius 1 is 1.09 bits per heavy atom. The molecule has 9 nitrogen and oxygen atoms in total. The van der Waals surface area contributed by atoms with Crippen molar-refractivity contribution >= 4 is 45.4 Å². The summed E-state index contributed by atoms with van der Waals surface area (Å²) in [7, 11) is -2.82. The van der Waals surface area contributed by atoms with Gasteiger partial charge < -0.3 is 9.84 Å². The molecule has 0 spiro atoms. The number of carbonyl (C=O) groups is 2. The van der Waals surface area contributed by atoms with Crippen molar-refractivity contribution in [2.24, 2.45) is 5.10 Å². The molecule has 3 aromatic carbocycles. The van der Waals surface area contributed by atoms with Gasteiger partial charge >= 0.3 is 5.97 Å². The number of hydrogen-bond acceptors (Lipinski definition) is 6. The molecule has 0 aromatic heterocycles. The third-order valence-electron chi connectivity index (χ3n) is 4.61. The Hall–Kier alpha value is -3.89. The second kappa shape index (κ2) is 10.8. The number of benzene rings is 3. The van der Waals surface area contributed by atoms with Crippen LogP contribution in [0.15, 0.2) is 82.8 Å². The SMILES string of the molecule is COc1ccc(Cl)cc1N(CC(=O)N/N=C\c1ccccc1C(=O)O)S(=O)(=O)c1ccccc1. The van der Waals surface area contributed by atoms with Gasteiger partial charge in [0.2, 0.25) is 0 Å². The molecule has 11 heteroatoms. The van der Waals surface area contributed by atoms with Gasteiger partial charge in [-0.3, -0.25) is 9.10 Å². The van der Waals surface area contributed by atoms with E-state index in [0.717, 1.165) is 10.5 Å². The van der Waals surface area contributed by atoms with Gasteiger partial charge in [0.1, 0.15) is 12.3 Å². The molecule has 0 aliphatic rings. The third kappa shape index (κ3) is 5.72. The first-order valence-electron chi connectivity index (χ1n) is 9.79. The van der Waals surface area contributed by atoms with Gasteiger partial charge in [-0.1, -0.05) is 48.0 Å². The van der Waals surface area contributed by atoms with Crippen molar-refractivity contribution in [3.63, 3.8) is 0 Å². The lowest BCUT2D eigenvalue weighted by Crippen LogP contribution is -2.39. The Morgan fingerprint density at radius 2 is 1.76 bits per heavy atom. The summed E-state index contributed by atoms with van der Waals surface area (Å²) < 4.78 is 33.0. The first-order valence-corrected chi connectivity index (χ1v) is 11.6. The quantitative estimate of drug-likeness (QED) is 0.342. The number of nitrogens with zero attached hydrogens (tertiary/aromatic N) is 2. The highest BCUT2D eigenvalue weighted by atomic mass is 35.5. The van der Waals surface area contributed by atoms with Crippen molar-refractivity contribution in [1.29, 1.82) is 0 Å². The van der Waals surface area contributed by atoms with Crippen molar-refractivity contribution in [3.05, 3.63) is 88.9 Å². The van der Waals surface area contributed by atoms with Crippen LogP contribution in [0.5, 0.6) is 5.75 Å². The molecular formula is C23H20ClN3O6S. The summed E-state index contributed by atoms with van der Waals surface area (Å²) in [5, 5.41) is 13.3. The molecule has 0 aliphatic carbocycles. The highest BCUT2D eigenvalue weighted by Crippen LogP contribution is 2.34. The maximum absolute atomic E-state index is 13.4. The lowest BCUT2D eigenvalue weighted by atomic mass is 10.1. The fraction of sp³-hybridized carbons (Fsp3) is 0.0870. The minimum atomic E-state index is -4.19. The van der Waals surface area contributed by atoms with Crippen molar-refractivity contribution in [2.75, 3.05) is 18.0 Å². The van der Waals surface area contributed by atoms with Gasteiger partial charge in [-0.2, -0.15) is 5.10 Å². The molecule has 3 rings (SSSR count). The predicted octanol–water partition coefficient (Wildman–Crippen LogP) is 3.39. The van der Waals surface area contributed by atoms with Crippen LogP contribution in [0.1, 0.15) is 15.9 Å². The largest absolute Gasteiger partial charge is 0.495 e. The average Bonchev–Trinajstić information content (AvgIpc) is 2.83. The van der Waals surface area contributed by atoms with E-state index in [9.17, 15) is 23.1 Å². The number of rotatable bonds is 9. The van der Waals surface area contributed by atoms with Crippen molar-refractivity contribution in [1.82, 2.24) is 5.43 Å². The molecule has 0 unspecified atom stereocenters. The number of halogens is 1. The number of nitrogens with one attached hydrogen (secondary N) is 1. The maximum Gasteiger partial charge on any atom is 0.336 e. The van der Waals surface area contributed by atoms with Gasteiger partial charge in [-0.25, -0.2) is 18.6 Å². The Labute approximate surface area is 201 Å². The van der Waals surface area contributed by atoms with E-state index in [1.165, 1.54) is 49.6 Å². The van der Waals surface area contributed by atoms with Crippen LogP contribution in [-0.2, 0) is 14.8 Å². The molecule has 0 saturated heterocycles. The monoisotopic (exact) mass is 501 g/mol. The number of hydrogen-bond donors (Lipinski definition) is 2. The highest BCUT2D eigenvalue weighted by Gasteiger charge is 2.29. The zero-order valence-corrected chi connectivity index (χ0v) is 19.5. The first-order chi connectivity index (χ1) is 16.2. The summed E-state index contributed by atoms with van der Waals surface area (Å²) in [6.07, 6.45) is 1.16. The molecule has 0 bridgehead atoms. The Morgan fingerprint density at radius 3 is 2.44 bits per heavy atom. The molecule has 0 fully saturated rings. The Bertz CT molecular complexity index is 1330. The molecule has 0 radical (unpaired) electrons. The minimum Gasteiger partial charge on any atom is -0.495 e. The van der Waals surface area contributed by atoms with Crippen LogP contribution in [0.4, 0.5) is 5.69 Å². The fourth-order valence-electron chi connectivity index (χ4n) is 3.02. The number of anilines is 1. The summed E-state index contributed by atoms with van der Waals surface area (Å²) in [5.74, 6) is -1.73. The number of amides is 1. The van der Waals surface area contributed by atoms with Crippen LogP contribution in [0.2, 0.25) is 5.02 Å².